The normalized spacial score (nSPS) is 11.7. The first-order valence-corrected chi connectivity index (χ1v) is 9.95. The maximum absolute atomic E-state index is 12.4. The number of nitrogens with zero attached hydrogens (tertiary/aromatic N) is 7. The Morgan fingerprint density at radius 3 is 2.74 bits per heavy atom. The van der Waals surface area contributed by atoms with Gasteiger partial charge in [0.05, 0.1) is 24.5 Å². The van der Waals surface area contributed by atoms with Crippen molar-refractivity contribution in [1.29, 1.82) is 0 Å². The van der Waals surface area contributed by atoms with Crippen LogP contribution in [0.3, 0.4) is 0 Å². The Labute approximate surface area is 179 Å². The van der Waals surface area contributed by atoms with Crippen LogP contribution in [0.25, 0.3) is 17.1 Å². The summed E-state index contributed by atoms with van der Waals surface area (Å²) in [5.41, 5.74) is 2.67. The first-order valence-electron chi connectivity index (χ1n) is 9.95. The number of hydrogen-bond donors (Lipinski definition) is 0. The molecule has 0 fully saturated rings. The van der Waals surface area contributed by atoms with Gasteiger partial charge in [-0.05, 0) is 25.5 Å². The van der Waals surface area contributed by atoms with E-state index in [9.17, 15) is 4.79 Å². The summed E-state index contributed by atoms with van der Waals surface area (Å²) in [6.07, 6.45) is 7.31. The molecule has 4 rings (SSSR count). The van der Waals surface area contributed by atoms with Gasteiger partial charge < -0.3 is 4.74 Å². The van der Waals surface area contributed by atoms with Crippen molar-refractivity contribution in [2.24, 2.45) is 7.05 Å². The molecule has 9 heteroatoms. The summed E-state index contributed by atoms with van der Waals surface area (Å²) >= 11 is 0. The second kappa shape index (κ2) is 8.27. The molecule has 0 saturated carbocycles. The van der Waals surface area contributed by atoms with Gasteiger partial charge in [0.2, 0.25) is 5.43 Å². The van der Waals surface area contributed by atoms with Crippen molar-refractivity contribution >= 4 is 0 Å². The highest BCUT2D eigenvalue weighted by molar-refractivity contribution is 5.55. The molecule has 31 heavy (non-hydrogen) atoms. The van der Waals surface area contributed by atoms with E-state index in [4.69, 9.17) is 4.74 Å². The Morgan fingerprint density at radius 2 is 2.00 bits per heavy atom. The van der Waals surface area contributed by atoms with Crippen LogP contribution in [0.15, 0.2) is 60.0 Å². The van der Waals surface area contributed by atoms with Crippen LogP contribution in [0.4, 0.5) is 0 Å². The van der Waals surface area contributed by atoms with E-state index >= 15 is 0 Å². The molecule has 0 radical (unpaired) electrons. The van der Waals surface area contributed by atoms with Crippen molar-refractivity contribution < 1.29 is 4.74 Å². The molecule has 3 aromatic heterocycles. The van der Waals surface area contributed by atoms with Gasteiger partial charge in [-0.15, -0.1) is 0 Å². The molecule has 1 aromatic carbocycles. The number of rotatable bonds is 7. The quantitative estimate of drug-likeness (QED) is 0.456. The van der Waals surface area contributed by atoms with E-state index in [1.54, 1.807) is 39.9 Å². The van der Waals surface area contributed by atoms with E-state index in [1.807, 2.05) is 51.4 Å². The Morgan fingerprint density at radius 1 is 1.16 bits per heavy atom. The summed E-state index contributed by atoms with van der Waals surface area (Å²) in [5.74, 6) is 0.627. The minimum absolute atomic E-state index is 0.102. The summed E-state index contributed by atoms with van der Waals surface area (Å²) in [7, 11) is 3.52. The molecule has 9 nitrogen and oxygen atoms in total. The van der Waals surface area contributed by atoms with E-state index in [2.05, 4.69) is 20.3 Å². The van der Waals surface area contributed by atoms with E-state index in [0.717, 1.165) is 16.8 Å². The first kappa shape index (κ1) is 20.7. The number of methoxy groups -OCH3 is 1. The van der Waals surface area contributed by atoms with Crippen LogP contribution >= 0.6 is 0 Å². The van der Waals surface area contributed by atoms with Gasteiger partial charge in [-0.3, -0.25) is 9.48 Å². The fourth-order valence-corrected chi connectivity index (χ4v) is 3.21. The smallest absolute Gasteiger partial charge is 0.203 e. The molecule has 0 unspecified atom stereocenters. The SMILES string of the molecule is COC(C)(C)Cn1cnc(-c2cccc(Cc3nn(-c4cnn(C)c4)ccc3=O)c2)n1. The molecule has 160 valence electrons. The van der Waals surface area contributed by atoms with Gasteiger partial charge in [0.1, 0.15) is 17.7 Å². The lowest BCUT2D eigenvalue weighted by molar-refractivity contribution is 0.00538. The van der Waals surface area contributed by atoms with E-state index in [1.165, 1.54) is 6.07 Å². The molecule has 4 aromatic rings. The summed E-state index contributed by atoms with van der Waals surface area (Å²) in [5, 5.41) is 13.2. The third-order valence-corrected chi connectivity index (χ3v) is 5.02. The van der Waals surface area contributed by atoms with Crippen molar-refractivity contribution in [1.82, 2.24) is 34.3 Å². The van der Waals surface area contributed by atoms with Crippen LogP contribution in [0.5, 0.6) is 0 Å². The zero-order chi connectivity index (χ0) is 22.0. The maximum atomic E-state index is 12.4. The fraction of sp³-hybridized carbons (Fsp3) is 0.318. The molecule has 0 saturated heterocycles. The largest absolute Gasteiger partial charge is 0.377 e. The molecule has 3 heterocycles. The molecule has 0 spiro atoms. The van der Waals surface area contributed by atoms with Crippen LogP contribution in [-0.2, 0) is 24.8 Å². The molecule has 0 aliphatic rings. The molecule has 0 amide bonds. The van der Waals surface area contributed by atoms with Crippen LogP contribution < -0.4 is 5.43 Å². The van der Waals surface area contributed by atoms with Crippen molar-refractivity contribution in [3.8, 4) is 17.1 Å². The van der Waals surface area contributed by atoms with Gasteiger partial charge in [0.25, 0.3) is 0 Å². The summed E-state index contributed by atoms with van der Waals surface area (Å²) in [6, 6.07) is 9.38. The van der Waals surface area contributed by atoms with Crippen LogP contribution in [0.2, 0.25) is 0 Å². The van der Waals surface area contributed by atoms with Gasteiger partial charge in [0.15, 0.2) is 5.82 Å². The average molecular weight is 419 g/mol. The highest BCUT2D eigenvalue weighted by Gasteiger charge is 2.18. The van der Waals surface area contributed by atoms with Gasteiger partial charge in [-0.2, -0.15) is 15.3 Å². The first-order chi connectivity index (χ1) is 14.8. The predicted molar refractivity (Wildman–Crippen MR) is 116 cm³/mol. The maximum Gasteiger partial charge on any atom is 0.203 e. The number of benzene rings is 1. The number of ether oxygens (including phenoxy) is 1. The fourth-order valence-electron chi connectivity index (χ4n) is 3.21. The molecule has 0 aliphatic heterocycles. The standard InChI is InChI=1S/C22H25N7O2/c1-22(2,31-4)14-28-15-23-21(26-28)17-7-5-6-16(10-17)11-19-20(30)8-9-29(25-19)18-12-24-27(3)13-18/h5-10,12-13,15H,11,14H2,1-4H3. The molecular formula is C22H25N7O2. The van der Waals surface area contributed by atoms with E-state index in [0.29, 0.717) is 24.5 Å². The van der Waals surface area contributed by atoms with Crippen molar-refractivity contribution in [3.63, 3.8) is 0 Å². The second-order valence-corrected chi connectivity index (χ2v) is 8.05. The van der Waals surface area contributed by atoms with Crippen LogP contribution in [0.1, 0.15) is 25.1 Å². The topological polar surface area (TPSA) is 92.6 Å². The number of aryl methyl sites for hydroxylation is 1. The minimum atomic E-state index is -0.333. The molecule has 0 aliphatic carbocycles. The summed E-state index contributed by atoms with van der Waals surface area (Å²) in [6.45, 7) is 4.60. The number of hydrogen-bond acceptors (Lipinski definition) is 6. The van der Waals surface area contributed by atoms with Crippen molar-refractivity contribution in [2.45, 2.75) is 32.4 Å². The van der Waals surface area contributed by atoms with Crippen molar-refractivity contribution in [2.75, 3.05) is 7.11 Å². The minimum Gasteiger partial charge on any atom is -0.377 e. The third-order valence-electron chi connectivity index (χ3n) is 5.02. The molecular weight excluding hydrogens is 394 g/mol. The molecule has 0 atom stereocenters. The van der Waals surface area contributed by atoms with E-state index < -0.39 is 0 Å². The zero-order valence-electron chi connectivity index (χ0n) is 18.1. The zero-order valence-corrected chi connectivity index (χ0v) is 18.1. The van der Waals surface area contributed by atoms with E-state index in [-0.39, 0.29) is 11.0 Å². The lowest BCUT2D eigenvalue weighted by atomic mass is 10.1. The monoisotopic (exact) mass is 419 g/mol. The molecule has 0 bridgehead atoms. The lowest BCUT2D eigenvalue weighted by Gasteiger charge is -2.22. The Kier molecular flexibility index (Phi) is 5.51. The van der Waals surface area contributed by atoms with Crippen LogP contribution in [-0.4, -0.2) is 47.0 Å². The Balaban J connectivity index is 1.57. The van der Waals surface area contributed by atoms with Gasteiger partial charge >= 0.3 is 0 Å². The Hall–Kier alpha value is -3.59. The predicted octanol–water partition coefficient (Wildman–Crippen LogP) is 2.24. The Bertz CT molecular complexity index is 1250. The summed E-state index contributed by atoms with van der Waals surface area (Å²) in [4.78, 5) is 16.8. The highest BCUT2D eigenvalue weighted by Crippen LogP contribution is 2.19. The highest BCUT2D eigenvalue weighted by atomic mass is 16.5. The van der Waals surface area contributed by atoms with Gasteiger partial charge in [-0.1, -0.05) is 18.2 Å². The second-order valence-electron chi connectivity index (χ2n) is 8.05. The van der Waals surface area contributed by atoms with Crippen molar-refractivity contribution in [3.05, 3.63) is 76.7 Å². The lowest BCUT2D eigenvalue weighted by Crippen LogP contribution is -2.29. The van der Waals surface area contributed by atoms with Gasteiger partial charge in [0, 0.05) is 38.4 Å². The number of aromatic nitrogens is 7. The summed E-state index contributed by atoms with van der Waals surface area (Å²) < 4.78 is 10.6. The van der Waals surface area contributed by atoms with Gasteiger partial charge in [-0.25, -0.2) is 14.3 Å². The average Bonchev–Trinajstić information content (AvgIpc) is 3.39. The molecule has 0 N–H and O–H groups in total. The third kappa shape index (κ3) is 4.77. The van der Waals surface area contributed by atoms with Crippen LogP contribution in [0, 0.1) is 0 Å².